The molecule has 0 aromatic carbocycles. The van der Waals surface area contributed by atoms with Gasteiger partial charge < -0.3 is 15.5 Å². The van der Waals surface area contributed by atoms with Crippen molar-refractivity contribution in [1.29, 1.82) is 0 Å². The van der Waals surface area contributed by atoms with Gasteiger partial charge in [0, 0.05) is 32.2 Å². The largest absolute Gasteiger partial charge is 0.327 e. The summed E-state index contributed by atoms with van der Waals surface area (Å²) in [7, 11) is 0. The van der Waals surface area contributed by atoms with E-state index in [-0.39, 0.29) is 18.4 Å². The Morgan fingerprint density at radius 2 is 1.74 bits per heavy atom. The lowest BCUT2D eigenvalue weighted by Crippen LogP contribution is -2.46. The topological polar surface area (TPSA) is 49.6 Å². The molecule has 0 radical (unpaired) electrons. The molecule has 0 spiro atoms. The molecular weight excluding hydrogens is 262 g/mol. The lowest BCUT2D eigenvalue weighted by Gasteiger charge is -2.33. The number of carbonyl (C=O) groups is 1. The van der Waals surface area contributed by atoms with Gasteiger partial charge in [0.1, 0.15) is 0 Å². The van der Waals surface area contributed by atoms with Crippen molar-refractivity contribution in [2.45, 2.75) is 38.6 Å². The molecule has 0 aromatic rings. The van der Waals surface area contributed by atoms with Gasteiger partial charge in [0.2, 0.25) is 0 Å². The fourth-order valence-corrected chi connectivity index (χ4v) is 3.86. The predicted octanol–water partition coefficient (Wildman–Crippen LogP) is 1.93. The van der Waals surface area contributed by atoms with Gasteiger partial charge in [-0.15, -0.1) is 12.4 Å². The van der Waals surface area contributed by atoms with Gasteiger partial charge in [0.25, 0.3) is 0 Å². The molecule has 1 aliphatic carbocycles. The number of rotatable bonds is 0. The number of likely N-dealkylation sites (tertiary alicyclic amines) is 2. The van der Waals surface area contributed by atoms with Crippen molar-refractivity contribution < 1.29 is 4.79 Å². The Labute approximate surface area is 122 Å². The van der Waals surface area contributed by atoms with Crippen LogP contribution in [0, 0.1) is 17.8 Å². The molecule has 3 aliphatic rings. The molecule has 2 heterocycles. The Morgan fingerprint density at radius 3 is 2.37 bits per heavy atom. The monoisotopic (exact) mass is 287 g/mol. The lowest BCUT2D eigenvalue weighted by molar-refractivity contribution is 0.140. The summed E-state index contributed by atoms with van der Waals surface area (Å²) in [6.45, 7) is 6.01. The Hall–Kier alpha value is -0.480. The second-order valence-electron chi connectivity index (χ2n) is 6.52. The summed E-state index contributed by atoms with van der Waals surface area (Å²) in [6.07, 6.45) is 4.68. The minimum Gasteiger partial charge on any atom is -0.327 e. The van der Waals surface area contributed by atoms with Crippen LogP contribution in [0.4, 0.5) is 4.79 Å². The van der Waals surface area contributed by atoms with Crippen LogP contribution < -0.4 is 5.73 Å². The number of carbonyl (C=O) groups excluding carboxylic acids is 1. The van der Waals surface area contributed by atoms with E-state index in [4.69, 9.17) is 5.73 Å². The molecule has 5 heteroatoms. The minimum atomic E-state index is 0. The molecule has 2 amide bonds. The maximum atomic E-state index is 12.5. The Morgan fingerprint density at radius 1 is 1.05 bits per heavy atom. The van der Waals surface area contributed by atoms with E-state index >= 15 is 0 Å². The van der Waals surface area contributed by atoms with Crippen molar-refractivity contribution in [3.8, 4) is 0 Å². The Balaban J connectivity index is 0.00000133. The maximum Gasteiger partial charge on any atom is 0.320 e. The molecule has 3 atom stereocenters. The van der Waals surface area contributed by atoms with Crippen molar-refractivity contribution in [3.63, 3.8) is 0 Å². The summed E-state index contributed by atoms with van der Waals surface area (Å²) in [6, 6.07) is 0.595. The highest BCUT2D eigenvalue weighted by Crippen LogP contribution is 2.37. The van der Waals surface area contributed by atoms with Gasteiger partial charge in [-0.1, -0.05) is 6.92 Å². The summed E-state index contributed by atoms with van der Waals surface area (Å²) in [4.78, 5) is 16.6. The Bertz CT molecular complexity index is 331. The number of hydrogen-bond acceptors (Lipinski definition) is 2. The van der Waals surface area contributed by atoms with Crippen LogP contribution in [0.2, 0.25) is 0 Å². The summed E-state index contributed by atoms with van der Waals surface area (Å²) in [5.74, 6) is 2.02. The summed E-state index contributed by atoms with van der Waals surface area (Å²) < 4.78 is 0. The first-order chi connectivity index (χ1) is 8.65. The normalized spacial score (nSPS) is 35.2. The van der Waals surface area contributed by atoms with Crippen molar-refractivity contribution in [2.24, 2.45) is 23.5 Å². The van der Waals surface area contributed by atoms with Gasteiger partial charge in [0.15, 0.2) is 0 Å². The number of halogens is 1. The molecule has 19 heavy (non-hydrogen) atoms. The fourth-order valence-electron chi connectivity index (χ4n) is 3.86. The number of hydrogen-bond donors (Lipinski definition) is 1. The zero-order valence-electron chi connectivity index (χ0n) is 11.8. The smallest absolute Gasteiger partial charge is 0.320 e. The second-order valence-corrected chi connectivity index (χ2v) is 6.52. The number of nitrogens with zero attached hydrogens (tertiary/aromatic N) is 2. The highest BCUT2D eigenvalue weighted by atomic mass is 35.5. The third kappa shape index (κ3) is 2.84. The second kappa shape index (κ2) is 5.88. The SMILES string of the molecule is CC1CCN(C(=O)N2CC3CCC(N)C3C2)CC1.Cl. The molecule has 0 aromatic heterocycles. The van der Waals surface area contributed by atoms with E-state index in [9.17, 15) is 4.79 Å². The molecule has 3 fully saturated rings. The first-order valence-electron chi connectivity index (χ1n) is 7.44. The molecule has 110 valence electrons. The third-order valence-corrected chi connectivity index (χ3v) is 5.24. The van der Waals surface area contributed by atoms with E-state index in [0.29, 0.717) is 17.9 Å². The van der Waals surface area contributed by atoms with Gasteiger partial charge in [-0.25, -0.2) is 4.79 Å². The first kappa shape index (κ1) is 14.9. The van der Waals surface area contributed by atoms with E-state index in [1.807, 2.05) is 4.90 Å². The molecule has 2 saturated heterocycles. The van der Waals surface area contributed by atoms with Crippen LogP contribution in [0.5, 0.6) is 0 Å². The number of urea groups is 1. The molecule has 2 aliphatic heterocycles. The molecule has 4 nitrogen and oxygen atoms in total. The van der Waals surface area contributed by atoms with Crippen LogP contribution in [0.15, 0.2) is 0 Å². The van der Waals surface area contributed by atoms with Gasteiger partial charge in [-0.3, -0.25) is 0 Å². The van der Waals surface area contributed by atoms with E-state index in [1.165, 1.54) is 6.42 Å². The highest BCUT2D eigenvalue weighted by Gasteiger charge is 2.43. The molecule has 1 saturated carbocycles. The van der Waals surface area contributed by atoms with E-state index < -0.39 is 0 Å². The zero-order valence-corrected chi connectivity index (χ0v) is 12.6. The number of nitrogens with two attached hydrogens (primary N) is 1. The van der Waals surface area contributed by atoms with Gasteiger partial charge in [0.05, 0.1) is 0 Å². The summed E-state index contributed by atoms with van der Waals surface area (Å²) in [5.41, 5.74) is 6.13. The van der Waals surface area contributed by atoms with Crippen molar-refractivity contribution >= 4 is 18.4 Å². The molecule has 3 rings (SSSR count). The van der Waals surface area contributed by atoms with Crippen LogP contribution in [-0.2, 0) is 0 Å². The summed E-state index contributed by atoms with van der Waals surface area (Å²) >= 11 is 0. The fraction of sp³-hybridized carbons (Fsp3) is 0.929. The number of fused-ring (bicyclic) bond motifs is 1. The third-order valence-electron chi connectivity index (χ3n) is 5.24. The standard InChI is InChI=1S/C14H25N3O.ClH/c1-10-4-6-16(7-5-10)14(18)17-8-11-2-3-13(15)12(11)9-17;/h10-13H,2-9,15H2,1H3;1H. The predicted molar refractivity (Wildman–Crippen MR) is 78.4 cm³/mol. The van der Waals surface area contributed by atoms with Crippen LogP contribution in [0.1, 0.15) is 32.6 Å². The quantitative estimate of drug-likeness (QED) is 0.740. The highest BCUT2D eigenvalue weighted by molar-refractivity contribution is 5.85. The van der Waals surface area contributed by atoms with Gasteiger partial charge in [-0.05, 0) is 43.4 Å². The average Bonchev–Trinajstić information content (AvgIpc) is 2.92. The van der Waals surface area contributed by atoms with Gasteiger partial charge in [-0.2, -0.15) is 0 Å². The Kier molecular flexibility index (Phi) is 4.62. The van der Waals surface area contributed by atoms with Gasteiger partial charge >= 0.3 is 6.03 Å². The molecule has 0 bridgehead atoms. The molecule has 2 N–H and O–H groups in total. The van der Waals surface area contributed by atoms with E-state index in [0.717, 1.165) is 51.4 Å². The van der Waals surface area contributed by atoms with Crippen LogP contribution in [0.3, 0.4) is 0 Å². The molecule has 3 unspecified atom stereocenters. The average molecular weight is 288 g/mol. The lowest BCUT2D eigenvalue weighted by atomic mass is 9.98. The number of amides is 2. The first-order valence-corrected chi connectivity index (χ1v) is 7.44. The van der Waals surface area contributed by atoms with Crippen LogP contribution in [-0.4, -0.2) is 48.1 Å². The van der Waals surface area contributed by atoms with Crippen molar-refractivity contribution in [3.05, 3.63) is 0 Å². The van der Waals surface area contributed by atoms with Crippen LogP contribution >= 0.6 is 12.4 Å². The van der Waals surface area contributed by atoms with E-state index in [1.54, 1.807) is 0 Å². The minimum absolute atomic E-state index is 0. The van der Waals surface area contributed by atoms with Crippen molar-refractivity contribution in [2.75, 3.05) is 26.2 Å². The maximum absolute atomic E-state index is 12.5. The zero-order chi connectivity index (χ0) is 12.7. The van der Waals surface area contributed by atoms with E-state index in [2.05, 4.69) is 11.8 Å². The summed E-state index contributed by atoms with van der Waals surface area (Å²) in [5, 5.41) is 0. The van der Waals surface area contributed by atoms with Crippen molar-refractivity contribution in [1.82, 2.24) is 9.80 Å². The number of piperidine rings is 1. The van der Waals surface area contributed by atoms with Crippen LogP contribution in [0.25, 0.3) is 0 Å². The molecular formula is C14H26ClN3O.